The highest BCUT2D eigenvalue weighted by Crippen LogP contribution is 2.34. The summed E-state index contributed by atoms with van der Waals surface area (Å²) >= 11 is 1.42. The maximum Gasteiger partial charge on any atom is 0.210 e. The van der Waals surface area contributed by atoms with E-state index in [4.69, 9.17) is 9.47 Å². The van der Waals surface area contributed by atoms with Crippen LogP contribution in [0.1, 0.15) is 35.9 Å². The maximum absolute atomic E-state index is 11.0. The molecule has 0 saturated heterocycles. The summed E-state index contributed by atoms with van der Waals surface area (Å²) in [5, 5.41) is 16.1. The number of benzene rings is 2. The number of nitroso groups, excluding NO2 is 1. The highest BCUT2D eigenvalue weighted by atomic mass is 32.1. The zero-order chi connectivity index (χ0) is 20.1. The Kier molecular flexibility index (Phi) is 6.20. The van der Waals surface area contributed by atoms with Crippen LogP contribution in [0.2, 0.25) is 0 Å². The monoisotopic (exact) mass is 398 g/mol. The predicted molar refractivity (Wildman–Crippen MR) is 111 cm³/mol. The summed E-state index contributed by atoms with van der Waals surface area (Å²) in [5.74, 6) is 1.74. The maximum atomic E-state index is 11.0. The Labute approximate surface area is 167 Å². The van der Waals surface area contributed by atoms with Crippen LogP contribution >= 0.6 is 11.3 Å². The zero-order valence-electron chi connectivity index (χ0n) is 16.2. The summed E-state index contributed by atoms with van der Waals surface area (Å²) in [6.45, 7) is 6.24. The van der Waals surface area contributed by atoms with Crippen molar-refractivity contribution in [2.45, 2.75) is 33.3 Å². The number of hydrogen-bond acceptors (Lipinski definition) is 8. The lowest BCUT2D eigenvalue weighted by Crippen LogP contribution is -2.00. The van der Waals surface area contributed by atoms with Gasteiger partial charge >= 0.3 is 0 Å². The van der Waals surface area contributed by atoms with Gasteiger partial charge in [-0.2, -0.15) is 0 Å². The van der Waals surface area contributed by atoms with Gasteiger partial charge in [-0.3, -0.25) is 0 Å². The average molecular weight is 398 g/mol. The molecule has 0 radical (unpaired) electrons. The Bertz CT molecular complexity index is 955. The topological polar surface area (TPSA) is 85.7 Å². The second-order valence-electron chi connectivity index (χ2n) is 6.57. The molecule has 0 aliphatic rings. The van der Waals surface area contributed by atoms with Gasteiger partial charge < -0.3 is 14.8 Å². The summed E-state index contributed by atoms with van der Waals surface area (Å²) in [6.07, 6.45) is 0. The minimum absolute atomic E-state index is 0.206. The van der Waals surface area contributed by atoms with E-state index in [1.165, 1.54) is 11.3 Å². The minimum Gasteiger partial charge on any atom is -0.497 e. The molecule has 1 aromatic heterocycles. The number of nitrogens with zero attached hydrogens (tertiary/aromatic N) is 3. The van der Waals surface area contributed by atoms with Crippen molar-refractivity contribution in [1.82, 2.24) is 10.2 Å². The van der Waals surface area contributed by atoms with Gasteiger partial charge in [-0.25, -0.2) is 0 Å². The van der Waals surface area contributed by atoms with E-state index in [0.717, 1.165) is 33.3 Å². The molecule has 0 spiro atoms. The first-order valence-electron chi connectivity index (χ1n) is 8.84. The van der Waals surface area contributed by atoms with E-state index in [1.54, 1.807) is 13.2 Å². The molecule has 3 aromatic rings. The third kappa shape index (κ3) is 4.64. The first-order chi connectivity index (χ1) is 13.5. The van der Waals surface area contributed by atoms with Crippen LogP contribution in [0.4, 0.5) is 16.5 Å². The second-order valence-corrected chi connectivity index (χ2v) is 7.63. The van der Waals surface area contributed by atoms with Gasteiger partial charge in [0.15, 0.2) is 5.01 Å². The molecule has 7 nitrogen and oxygen atoms in total. The molecule has 0 saturated carbocycles. The zero-order valence-corrected chi connectivity index (χ0v) is 17.0. The summed E-state index contributed by atoms with van der Waals surface area (Å²) in [7, 11) is 1.63. The van der Waals surface area contributed by atoms with Crippen molar-refractivity contribution in [1.29, 1.82) is 0 Å². The van der Waals surface area contributed by atoms with Crippen molar-refractivity contribution >= 4 is 27.8 Å². The first kappa shape index (κ1) is 19.8. The number of aromatic nitrogens is 2. The van der Waals surface area contributed by atoms with Crippen molar-refractivity contribution in [3.8, 4) is 11.5 Å². The molecule has 146 valence electrons. The van der Waals surface area contributed by atoms with Crippen molar-refractivity contribution < 1.29 is 9.47 Å². The van der Waals surface area contributed by atoms with Crippen LogP contribution in [0.3, 0.4) is 0 Å². The lowest BCUT2D eigenvalue weighted by atomic mass is 9.99. The third-order valence-electron chi connectivity index (χ3n) is 4.21. The van der Waals surface area contributed by atoms with E-state index in [1.807, 2.05) is 51.1 Å². The van der Waals surface area contributed by atoms with E-state index >= 15 is 0 Å². The van der Waals surface area contributed by atoms with Gasteiger partial charge in [0, 0.05) is 5.69 Å². The molecule has 1 N–H and O–H groups in total. The molecule has 0 atom stereocenters. The van der Waals surface area contributed by atoms with Gasteiger partial charge in [0.2, 0.25) is 5.13 Å². The van der Waals surface area contributed by atoms with Gasteiger partial charge in [0.1, 0.15) is 23.8 Å². The van der Waals surface area contributed by atoms with Crippen LogP contribution in [0.25, 0.3) is 0 Å². The lowest BCUT2D eigenvalue weighted by Gasteiger charge is -2.15. The molecule has 0 bridgehead atoms. The van der Waals surface area contributed by atoms with Crippen LogP contribution < -0.4 is 14.8 Å². The second kappa shape index (κ2) is 8.79. The molecule has 3 rings (SSSR count). The van der Waals surface area contributed by atoms with E-state index in [0.29, 0.717) is 17.4 Å². The van der Waals surface area contributed by atoms with Crippen LogP contribution in [0, 0.1) is 11.8 Å². The Balaban J connectivity index is 1.68. The molecule has 0 aliphatic carbocycles. The first-order valence-corrected chi connectivity index (χ1v) is 9.66. The number of rotatable bonds is 8. The number of aryl methyl sites for hydroxylation is 1. The molecule has 1 heterocycles. The quantitative estimate of drug-likeness (QED) is 0.490. The summed E-state index contributed by atoms with van der Waals surface area (Å²) < 4.78 is 11.1. The smallest absolute Gasteiger partial charge is 0.210 e. The van der Waals surface area contributed by atoms with Crippen LogP contribution in [-0.4, -0.2) is 17.3 Å². The average Bonchev–Trinajstić information content (AvgIpc) is 3.14. The predicted octanol–water partition coefficient (Wildman–Crippen LogP) is 5.70. The van der Waals surface area contributed by atoms with Crippen molar-refractivity contribution in [2.24, 2.45) is 5.18 Å². The fourth-order valence-electron chi connectivity index (χ4n) is 2.66. The number of hydrogen-bond donors (Lipinski definition) is 1. The normalized spacial score (nSPS) is 10.8. The molecule has 2 aromatic carbocycles. The Morgan fingerprint density at radius 3 is 2.57 bits per heavy atom. The van der Waals surface area contributed by atoms with Crippen LogP contribution in [0.15, 0.2) is 41.6 Å². The fraction of sp³-hybridized carbons (Fsp3) is 0.300. The summed E-state index contributed by atoms with van der Waals surface area (Å²) in [4.78, 5) is 11.0. The van der Waals surface area contributed by atoms with E-state index in [-0.39, 0.29) is 5.92 Å². The standard InChI is InChI=1S/C20H22N4O3S/c1-12(2)16-10-17(24-25)13(3)9-18(16)27-11-19-22-23-20(28-19)21-14-5-7-15(26-4)8-6-14/h5-10,12H,11H2,1-4H3,(H,21,23). The highest BCUT2D eigenvalue weighted by molar-refractivity contribution is 7.15. The Morgan fingerprint density at radius 2 is 1.93 bits per heavy atom. The number of nitrogens with one attached hydrogen (secondary N) is 1. The highest BCUT2D eigenvalue weighted by Gasteiger charge is 2.14. The molecule has 8 heteroatoms. The van der Waals surface area contributed by atoms with Crippen LogP contribution in [0.5, 0.6) is 11.5 Å². The minimum atomic E-state index is 0.206. The lowest BCUT2D eigenvalue weighted by molar-refractivity contribution is 0.300. The molecule has 0 aliphatic heterocycles. The van der Waals surface area contributed by atoms with Gasteiger partial charge in [-0.1, -0.05) is 25.2 Å². The van der Waals surface area contributed by atoms with E-state index < -0.39 is 0 Å². The Morgan fingerprint density at radius 1 is 1.18 bits per heavy atom. The summed E-state index contributed by atoms with van der Waals surface area (Å²) in [6, 6.07) is 11.2. The molecule has 0 unspecified atom stereocenters. The fourth-order valence-corrected chi connectivity index (χ4v) is 3.33. The van der Waals surface area contributed by atoms with E-state index in [2.05, 4.69) is 20.7 Å². The molecular weight excluding hydrogens is 376 g/mol. The molecule has 0 amide bonds. The van der Waals surface area contributed by atoms with Gasteiger partial charge in [0.05, 0.1) is 7.11 Å². The van der Waals surface area contributed by atoms with Crippen molar-refractivity contribution in [3.05, 3.63) is 57.4 Å². The van der Waals surface area contributed by atoms with E-state index in [9.17, 15) is 4.91 Å². The van der Waals surface area contributed by atoms with Crippen LogP contribution in [-0.2, 0) is 6.61 Å². The number of methoxy groups -OCH3 is 1. The number of anilines is 2. The summed E-state index contributed by atoms with van der Waals surface area (Å²) in [5.41, 5.74) is 3.08. The van der Waals surface area contributed by atoms with Crippen molar-refractivity contribution in [2.75, 3.05) is 12.4 Å². The van der Waals surface area contributed by atoms with Gasteiger partial charge in [-0.05, 0) is 65.5 Å². The Hall–Kier alpha value is -3.00. The van der Waals surface area contributed by atoms with Gasteiger partial charge in [-0.15, -0.1) is 15.1 Å². The third-order valence-corrected chi connectivity index (χ3v) is 5.02. The molecule has 28 heavy (non-hydrogen) atoms. The largest absolute Gasteiger partial charge is 0.497 e. The SMILES string of the molecule is COc1ccc(Nc2nnc(COc3cc(C)c(N=O)cc3C(C)C)s2)cc1. The van der Waals surface area contributed by atoms with Gasteiger partial charge in [0.25, 0.3) is 0 Å². The molecular formula is C20H22N4O3S. The number of ether oxygens (including phenoxy) is 2. The molecule has 0 fully saturated rings. The van der Waals surface area contributed by atoms with Crippen molar-refractivity contribution in [3.63, 3.8) is 0 Å².